The van der Waals surface area contributed by atoms with E-state index in [9.17, 15) is 10.5 Å². The molecule has 0 radical (unpaired) electrons. The standard InChI is InChI=1S/C44H30N4/c45-27-29-25-31(28-46)44(30-21-23-32(24-22-30)47-39-16-6-1-11-33(39)34-12-2-7-17-40(34)47)38(26-29)37-15-5-10-20-43(37)48-41-18-8-3-13-35(41)36-14-4-9-19-42(36)48/h1-4,6-9,11-14,16-19,21-26H,5,10,15,20H2. The zero-order valence-electron chi connectivity index (χ0n) is 26.3. The van der Waals surface area contributed by atoms with Gasteiger partial charge in [0.15, 0.2) is 0 Å². The molecule has 0 fully saturated rings. The number of para-hydroxylation sites is 4. The van der Waals surface area contributed by atoms with Crippen LogP contribution in [0.3, 0.4) is 0 Å². The molecular formula is C44H30N4. The van der Waals surface area contributed by atoms with Crippen molar-refractivity contribution in [2.24, 2.45) is 0 Å². The summed E-state index contributed by atoms with van der Waals surface area (Å²) >= 11 is 0. The van der Waals surface area contributed by atoms with Crippen molar-refractivity contribution in [3.63, 3.8) is 0 Å². The smallest absolute Gasteiger partial charge is 0.0998 e. The number of nitrogens with zero attached hydrogens (tertiary/aromatic N) is 4. The fourth-order valence-electron chi connectivity index (χ4n) is 7.96. The summed E-state index contributed by atoms with van der Waals surface area (Å²) in [7, 11) is 0. The van der Waals surface area contributed by atoms with E-state index in [-0.39, 0.29) is 0 Å². The molecule has 0 N–H and O–H groups in total. The molecule has 0 unspecified atom stereocenters. The van der Waals surface area contributed by atoms with Crippen LogP contribution in [0.4, 0.5) is 0 Å². The second kappa shape index (κ2) is 11.2. The molecule has 9 rings (SSSR count). The molecule has 8 aromatic rings. The largest absolute Gasteiger partial charge is 0.313 e. The third-order valence-corrected chi connectivity index (χ3v) is 10.00. The van der Waals surface area contributed by atoms with E-state index in [2.05, 4.69) is 143 Å². The van der Waals surface area contributed by atoms with E-state index in [1.165, 1.54) is 43.8 Å². The van der Waals surface area contributed by atoms with Gasteiger partial charge in [-0.3, -0.25) is 0 Å². The van der Waals surface area contributed by atoms with Gasteiger partial charge in [-0.25, -0.2) is 0 Å². The Balaban J connectivity index is 1.28. The van der Waals surface area contributed by atoms with E-state index in [0.29, 0.717) is 11.1 Å². The monoisotopic (exact) mass is 614 g/mol. The average molecular weight is 615 g/mol. The summed E-state index contributed by atoms with van der Waals surface area (Å²) < 4.78 is 4.74. The van der Waals surface area contributed by atoms with Crippen molar-refractivity contribution < 1.29 is 0 Å². The molecule has 0 spiro atoms. The van der Waals surface area contributed by atoms with Crippen molar-refractivity contribution in [3.8, 4) is 29.0 Å². The maximum atomic E-state index is 10.5. The maximum Gasteiger partial charge on any atom is 0.0998 e. The first kappa shape index (κ1) is 27.9. The van der Waals surface area contributed by atoms with Gasteiger partial charge in [0.1, 0.15) is 0 Å². The van der Waals surface area contributed by atoms with Gasteiger partial charge in [0.2, 0.25) is 0 Å². The predicted octanol–water partition coefficient (Wildman–Crippen LogP) is 11.2. The summed E-state index contributed by atoms with van der Waals surface area (Å²) in [5.41, 5.74) is 12.1. The third-order valence-electron chi connectivity index (χ3n) is 10.00. The second-order valence-electron chi connectivity index (χ2n) is 12.6. The summed E-state index contributed by atoms with van der Waals surface area (Å²) in [4.78, 5) is 0. The minimum absolute atomic E-state index is 0.506. The molecule has 4 nitrogen and oxygen atoms in total. The van der Waals surface area contributed by atoms with Crippen LogP contribution in [0.15, 0.2) is 133 Å². The maximum absolute atomic E-state index is 10.5. The normalized spacial score (nSPS) is 13.4. The SMILES string of the molecule is N#Cc1cc(C#N)c(-c2ccc(-n3c4ccccc4c4ccccc43)cc2)c(C2=C(n3c4ccccc4c4ccccc43)CCCC2)c1. The molecule has 0 aliphatic heterocycles. The molecule has 2 aromatic heterocycles. The van der Waals surface area contributed by atoms with Gasteiger partial charge in [-0.05, 0) is 90.9 Å². The highest BCUT2D eigenvalue weighted by atomic mass is 15.0. The van der Waals surface area contributed by atoms with E-state index in [4.69, 9.17) is 0 Å². The highest BCUT2D eigenvalue weighted by molar-refractivity contribution is 6.12. The van der Waals surface area contributed by atoms with Crippen LogP contribution in [0.2, 0.25) is 0 Å². The molecule has 6 aromatic carbocycles. The Bertz CT molecular complexity index is 2580. The van der Waals surface area contributed by atoms with E-state index in [1.54, 1.807) is 6.07 Å². The van der Waals surface area contributed by atoms with E-state index in [1.807, 2.05) is 6.07 Å². The zero-order valence-corrected chi connectivity index (χ0v) is 26.3. The van der Waals surface area contributed by atoms with E-state index >= 15 is 0 Å². The Kier molecular flexibility index (Phi) is 6.49. The highest BCUT2D eigenvalue weighted by Crippen LogP contribution is 2.44. The Labute approximate surface area is 278 Å². The van der Waals surface area contributed by atoms with E-state index < -0.39 is 0 Å². The minimum Gasteiger partial charge on any atom is -0.313 e. The lowest BCUT2D eigenvalue weighted by Crippen LogP contribution is -2.08. The number of aromatic nitrogens is 2. The molecule has 1 aliphatic carbocycles. The average Bonchev–Trinajstić information content (AvgIpc) is 3.67. The van der Waals surface area contributed by atoms with Crippen LogP contribution in [-0.2, 0) is 0 Å². The summed E-state index contributed by atoms with van der Waals surface area (Å²) in [6.45, 7) is 0. The summed E-state index contributed by atoms with van der Waals surface area (Å²) in [6, 6.07) is 51.4. The molecule has 0 saturated carbocycles. The van der Waals surface area contributed by atoms with Crippen LogP contribution in [0, 0.1) is 22.7 Å². The van der Waals surface area contributed by atoms with Crippen molar-refractivity contribution >= 4 is 54.9 Å². The Morgan fingerprint density at radius 1 is 0.500 bits per heavy atom. The molecule has 0 amide bonds. The van der Waals surface area contributed by atoms with Gasteiger partial charge < -0.3 is 9.13 Å². The van der Waals surface area contributed by atoms with Crippen molar-refractivity contribution in [2.45, 2.75) is 25.7 Å². The number of hydrogen-bond donors (Lipinski definition) is 0. The van der Waals surface area contributed by atoms with Crippen LogP contribution in [-0.4, -0.2) is 9.13 Å². The quantitative estimate of drug-likeness (QED) is 0.198. The van der Waals surface area contributed by atoms with Crippen molar-refractivity contribution in [2.75, 3.05) is 0 Å². The van der Waals surface area contributed by atoms with Crippen LogP contribution in [0.5, 0.6) is 0 Å². The molecule has 1 aliphatic rings. The van der Waals surface area contributed by atoms with Gasteiger partial charge in [-0.15, -0.1) is 0 Å². The molecule has 226 valence electrons. The number of benzene rings is 6. The third kappa shape index (κ3) is 4.20. The Morgan fingerprint density at radius 2 is 1.00 bits per heavy atom. The van der Waals surface area contributed by atoms with Crippen molar-refractivity contribution in [1.82, 2.24) is 9.13 Å². The fraction of sp³-hybridized carbons (Fsp3) is 0.0909. The van der Waals surface area contributed by atoms with E-state index in [0.717, 1.165) is 59.1 Å². The van der Waals surface area contributed by atoms with Crippen LogP contribution in [0.1, 0.15) is 42.4 Å². The lowest BCUT2D eigenvalue weighted by atomic mass is 9.83. The second-order valence-corrected chi connectivity index (χ2v) is 12.6. The molecule has 2 heterocycles. The summed E-state index contributed by atoms with van der Waals surface area (Å²) in [6.07, 6.45) is 3.94. The van der Waals surface area contributed by atoms with Crippen LogP contribution >= 0.6 is 0 Å². The van der Waals surface area contributed by atoms with Gasteiger partial charge in [-0.2, -0.15) is 10.5 Å². The molecule has 0 atom stereocenters. The number of fused-ring (bicyclic) bond motifs is 6. The number of allylic oxidation sites excluding steroid dienone is 2. The van der Waals surface area contributed by atoms with Crippen LogP contribution in [0.25, 0.3) is 71.7 Å². The van der Waals surface area contributed by atoms with Crippen LogP contribution < -0.4 is 0 Å². The molecule has 48 heavy (non-hydrogen) atoms. The molecule has 0 bridgehead atoms. The number of rotatable bonds is 4. The summed E-state index contributed by atoms with van der Waals surface area (Å²) in [5, 5.41) is 25.5. The molecular weight excluding hydrogens is 585 g/mol. The predicted molar refractivity (Wildman–Crippen MR) is 197 cm³/mol. The van der Waals surface area contributed by atoms with Crippen molar-refractivity contribution in [3.05, 3.63) is 150 Å². The summed E-state index contributed by atoms with van der Waals surface area (Å²) in [5.74, 6) is 0. The van der Waals surface area contributed by atoms with Gasteiger partial charge in [0.05, 0.1) is 45.3 Å². The topological polar surface area (TPSA) is 57.4 Å². The first-order valence-electron chi connectivity index (χ1n) is 16.5. The first-order valence-corrected chi connectivity index (χ1v) is 16.5. The number of nitriles is 2. The van der Waals surface area contributed by atoms with Gasteiger partial charge in [-0.1, -0.05) is 84.9 Å². The Morgan fingerprint density at radius 3 is 1.52 bits per heavy atom. The zero-order chi connectivity index (χ0) is 32.2. The lowest BCUT2D eigenvalue weighted by Gasteiger charge is -2.25. The number of hydrogen-bond acceptors (Lipinski definition) is 2. The first-order chi connectivity index (χ1) is 23.7. The Hall–Kier alpha value is -6.36. The van der Waals surface area contributed by atoms with Gasteiger partial charge in [0.25, 0.3) is 0 Å². The molecule has 4 heteroatoms. The minimum atomic E-state index is 0.506. The fourth-order valence-corrected chi connectivity index (χ4v) is 7.96. The lowest BCUT2D eigenvalue weighted by molar-refractivity contribution is 0.735. The van der Waals surface area contributed by atoms with Crippen molar-refractivity contribution in [1.29, 1.82) is 10.5 Å². The molecule has 0 saturated heterocycles. The van der Waals surface area contributed by atoms with Gasteiger partial charge >= 0.3 is 0 Å². The highest BCUT2D eigenvalue weighted by Gasteiger charge is 2.24. The van der Waals surface area contributed by atoms with Gasteiger partial charge in [0, 0.05) is 38.5 Å².